The molecular formula is C15H25N3O2. The second kappa shape index (κ2) is 7.57. The summed E-state index contributed by atoms with van der Waals surface area (Å²) in [7, 11) is 1.74. The molecule has 20 heavy (non-hydrogen) atoms. The molecule has 1 aliphatic rings. The van der Waals surface area contributed by atoms with Crippen molar-refractivity contribution in [2.24, 2.45) is 0 Å². The number of aliphatic hydroxyl groups excluding tert-OH is 1. The highest BCUT2D eigenvalue weighted by molar-refractivity contribution is 5.65. The van der Waals surface area contributed by atoms with Crippen molar-refractivity contribution >= 4 is 5.57 Å². The van der Waals surface area contributed by atoms with Gasteiger partial charge in [-0.1, -0.05) is 13.0 Å². The third-order valence-electron chi connectivity index (χ3n) is 3.78. The number of hydrogen-bond donors (Lipinski definition) is 1. The van der Waals surface area contributed by atoms with Gasteiger partial charge in [-0.2, -0.15) is 5.10 Å². The number of hydrogen-bond acceptors (Lipinski definition) is 4. The van der Waals surface area contributed by atoms with Crippen molar-refractivity contribution in [3.05, 3.63) is 24.0 Å². The first kappa shape index (κ1) is 15.2. The molecule has 0 spiro atoms. The third-order valence-corrected chi connectivity index (χ3v) is 3.78. The summed E-state index contributed by atoms with van der Waals surface area (Å²) in [5.74, 6) is 0. The van der Waals surface area contributed by atoms with Gasteiger partial charge in [-0.3, -0.25) is 9.58 Å². The van der Waals surface area contributed by atoms with Crippen LogP contribution in [-0.2, 0) is 11.3 Å². The maximum atomic E-state index is 9.65. The minimum atomic E-state index is -0.312. The van der Waals surface area contributed by atoms with Gasteiger partial charge < -0.3 is 9.84 Å². The Morgan fingerprint density at radius 1 is 1.50 bits per heavy atom. The van der Waals surface area contributed by atoms with E-state index in [2.05, 4.69) is 16.1 Å². The molecule has 1 N–H and O–H groups in total. The van der Waals surface area contributed by atoms with Crippen LogP contribution < -0.4 is 0 Å². The van der Waals surface area contributed by atoms with Gasteiger partial charge in [-0.15, -0.1) is 0 Å². The Bertz CT molecular complexity index is 442. The Kier molecular flexibility index (Phi) is 5.76. The fraction of sp³-hybridized carbons (Fsp3) is 0.667. The summed E-state index contributed by atoms with van der Waals surface area (Å²) in [4.78, 5) is 2.39. The molecule has 0 bridgehead atoms. The molecule has 0 aromatic carbocycles. The van der Waals surface area contributed by atoms with Crippen LogP contribution in [0.4, 0.5) is 0 Å². The normalized spacial score (nSPS) is 18.1. The van der Waals surface area contributed by atoms with E-state index in [1.54, 1.807) is 7.11 Å². The molecule has 2 rings (SSSR count). The Labute approximate surface area is 120 Å². The maximum absolute atomic E-state index is 9.65. The molecule has 5 nitrogen and oxygen atoms in total. The Morgan fingerprint density at radius 2 is 2.35 bits per heavy atom. The van der Waals surface area contributed by atoms with Crippen LogP contribution in [0.1, 0.15) is 25.3 Å². The van der Waals surface area contributed by atoms with E-state index in [9.17, 15) is 5.11 Å². The molecule has 1 aliphatic heterocycles. The molecule has 0 saturated heterocycles. The van der Waals surface area contributed by atoms with Gasteiger partial charge >= 0.3 is 0 Å². The van der Waals surface area contributed by atoms with Gasteiger partial charge in [0.1, 0.15) is 0 Å². The van der Waals surface area contributed by atoms with Crippen molar-refractivity contribution in [2.45, 2.75) is 32.4 Å². The third kappa shape index (κ3) is 4.16. The number of aromatic nitrogens is 2. The van der Waals surface area contributed by atoms with Crippen molar-refractivity contribution < 1.29 is 9.84 Å². The van der Waals surface area contributed by atoms with Crippen molar-refractivity contribution in [3.8, 4) is 0 Å². The van der Waals surface area contributed by atoms with Crippen LogP contribution >= 0.6 is 0 Å². The smallest absolute Gasteiger partial charge is 0.0733 e. The summed E-state index contributed by atoms with van der Waals surface area (Å²) < 4.78 is 6.94. The predicted molar refractivity (Wildman–Crippen MR) is 79.4 cm³/mol. The van der Waals surface area contributed by atoms with Gasteiger partial charge in [0.15, 0.2) is 0 Å². The van der Waals surface area contributed by atoms with Crippen LogP contribution in [-0.4, -0.2) is 59.2 Å². The van der Waals surface area contributed by atoms with Crippen LogP contribution in [0.3, 0.4) is 0 Å². The molecule has 0 amide bonds. The molecule has 5 heteroatoms. The molecule has 0 unspecified atom stereocenters. The predicted octanol–water partition coefficient (Wildman–Crippen LogP) is 1.39. The molecule has 1 aromatic rings. The van der Waals surface area contributed by atoms with E-state index in [1.165, 1.54) is 11.1 Å². The summed E-state index contributed by atoms with van der Waals surface area (Å²) in [6, 6.07) is 0. The van der Waals surface area contributed by atoms with Crippen LogP contribution in [0.5, 0.6) is 0 Å². The lowest BCUT2D eigenvalue weighted by atomic mass is 10.0. The van der Waals surface area contributed by atoms with Gasteiger partial charge in [0.25, 0.3) is 0 Å². The average Bonchev–Trinajstić information content (AvgIpc) is 2.94. The quantitative estimate of drug-likeness (QED) is 0.819. The second-order valence-electron chi connectivity index (χ2n) is 5.29. The summed E-state index contributed by atoms with van der Waals surface area (Å²) in [5.41, 5.74) is 2.54. The van der Waals surface area contributed by atoms with Gasteiger partial charge in [-0.25, -0.2) is 0 Å². The minimum absolute atomic E-state index is 0.312. The van der Waals surface area contributed by atoms with Crippen LogP contribution in [0, 0.1) is 0 Å². The summed E-state index contributed by atoms with van der Waals surface area (Å²) >= 11 is 0. The molecule has 0 saturated carbocycles. The van der Waals surface area contributed by atoms with Gasteiger partial charge in [0.2, 0.25) is 0 Å². The van der Waals surface area contributed by atoms with Crippen LogP contribution in [0.25, 0.3) is 5.57 Å². The van der Waals surface area contributed by atoms with Crippen molar-refractivity contribution in [2.75, 3.05) is 33.4 Å². The number of ether oxygens (including phenoxy) is 1. The molecule has 1 aromatic heterocycles. The zero-order chi connectivity index (χ0) is 14.4. The second-order valence-corrected chi connectivity index (χ2v) is 5.29. The van der Waals surface area contributed by atoms with E-state index in [0.29, 0.717) is 6.54 Å². The van der Waals surface area contributed by atoms with Crippen molar-refractivity contribution in [1.82, 2.24) is 14.7 Å². The molecular weight excluding hydrogens is 254 g/mol. The highest BCUT2D eigenvalue weighted by atomic mass is 16.5. The standard InChI is InChI=1S/C15H25N3O2/c1-3-15(19)12-18-11-14(10-16-18)13-4-6-17(7-5-13)8-9-20-2/h4,10-11,15,19H,3,5-9,12H2,1-2H3/t15-/m1/s1. The lowest BCUT2D eigenvalue weighted by Gasteiger charge is -2.25. The number of aliphatic hydroxyl groups is 1. The number of nitrogens with zero attached hydrogens (tertiary/aromatic N) is 3. The van der Waals surface area contributed by atoms with Crippen molar-refractivity contribution in [3.63, 3.8) is 0 Å². The van der Waals surface area contributed by atoms with Crippen molar-refractivity contribution in [1.29, 1.82) is 0 Å². The lowest BCUT2D eigenvalue weighted by molar-refractivity contribution is 0.145. The Hall–Kier alpha value is -1.17. The largest absolute Gasteiger partial charge is 0.391 e. The van der Waals surface area contributed by atoms with Gasteiger partial charge in [0, 0.05) is 38.5 Å². The zero-order valence-corrected chi connectivity index (χ0v) is 12.5. The molecule has 1 atom stereocenters. The van der Waals surface area contributed by atoms with Gasteiger partial charge in [0.05, 0.1) is 25.5 Å². The van der Waals surface area contributed by atoms with E-state index in [1.807, 2.05) is 24.0 Å². The number of methoxy groups -OCH3 is 1. The Balaban J connectivity index is 1.91. The first-order valence-electron chi connectivity index (χ1n) is 7.34. The number of rotatable bonds is 7. The molecule has 0 aliphatic carbocycles. The maximum Gasteiger partial charge on any atom is 0.0733 e. The Morgan fingerprint density at radius 3 is 3.00 bits per heavy atom. The SMILES string of the molecule is CC[C@@H](O)Cn1cc(C2=CCN(CCOC)CC2)cn1. The van der Waals surface area contributed by atoms with E-state index >= 15 is 0 Å². The van der Waals surface area contributed by atoms with E-state index < -0.39 is 0 Å². The highest BCUT2D eigenvalue weighted by Crippen LogP contribution is 2.21. The molecule has 2 heterocycles. The summed E-state index contributed by atoms with van der Waals surface area (Å²) in [5, 5.41) is 14.0. The summed E-state index contributed by atoms with van der Waals surface area (Å²) in [6.45, 7) is 6.37. The zero-order valence-electron chi connectivity index (χ0n) is 12.5. The van der Waals surface area contributed by atoms with Gasteiger partial charge in [-0.05, 0) is 18.4 Å². The monoisotopic (exact) mass is 279 g/mol. The average molecular weight is 279 g/mol. The van der Waals surface area contributed by atoms with Crippen LogP contribution in [0.2, 0.25) is 0 Å². The van der Waals surface area contributed by atoms with E-state index in [0.717, 1.165) is 39.1 Å². The highest BCUT2D eigenvalue weighted by Gasteiger charge is 2.14. The topological polar surface area (TPSA) is 50.5 Å². The molecule has 0 radical (unpaired) electrons. The molecule has 112 valence electrons. The fourth-order valence-corrected chi connectivity index (χ4v) is 2.37. The van der Waals surface area contributed by atoms with E-state index in [-0.39, 0.29) is 6.10 Å². The van der Waals surface area contributed by atoms with Crippen LogP contribution in [0.15, 0.2) is 18.5 Å². The lowest BCUT2D eigenvalue weighted by Crippen LogP contribution is -2.31. The first-order chi connectivity index (χ1) is 9.72. The fourth-order valence-electron chi connectivity index (χ4n) is 2.37. The minimum Gasteiger partial charge on any atom is -0.391 e. The van der Waals surface area contributed by atoms with E-state index in [4.69, 9.17) is 4.74 Å². The summed E-state index contributed by atoms with van der Waals surface area (Å²) in [6.07, 6.45) is 7.70. The molecule has 0 fully saturated rings. The first-order valence-corrected chi connectivity index (χ1v) is 7.34.